The Morgan fingerprint density at radius 2 is 2.07 bits per heavy atom. The van der Waals surface area contributed by atoms with Gasteiger partial charge in [0.2, 0.25) is 0 Å². The summed E-state index contributed by atoms with van der Waals surface area (Å²) in [6.07, 6.45) is 0. The molecule has 1 aromatic carbocycles. The monoisotopic (exact) mass is 239 g/mol. The van der Waals surface area contributed by atoms with Gasteiger partial charge in [0.25, 0.3) is 0 Å². The lowest BCUT2D eigenvalue weighted by atomic mass is 10.2. The molecule has 2 aromatic rings. The average molecular weight is 240 g/mol. The third-order valence-corrected chi connectivity index (χ3v) is 3.31. The van der Waals surface area contributed by atoms with Crippen LogP contribution in [0.3, 0.4) is 0 Å². The summed E-state index contributed by atoms with van der Waals surface area (Å²) in [5, 5.41) is 2.96. The molecule has 0 atom stereocenters. The lowest BCUT2D eigenvalue weighted by Crippen LogP contribution is -1.83. The highest BCUT2D eigenvalue weighted by Gasteiger charge is 2.03. The van der Waals surface area contributed by atoms with Crippen molar-refractivity contribution < 1.29 is 4.74 Å². The number of aromatic nitrogens is 1. The Hall–Kier alpha value is -1.06. The Morgan fingerprint density at radius 3 is 2.60 bits per heavy atom. The second kappa shape index (κ2) is 4.64. The number of benzene rings is 1. The number of thiazole rings is 1. The minimum Gasteiger partial charge on any atom is -0.497 e. The summed E-state index contributed by atoms with van der Waals surface area (Å²) < 4.78 is 5.09. The van der Waals surface area contributed by atoms with E-state index in [0.717, 1.165) is 22.0 Å². The maximum Gasteiger partial charge on any atom is 0.118 e. The van der Waals surface area contributed by atoms with Crippen LogP contribution in [-0.4, -0.2) is 12.1 Å². The highest BCUT2D eigenvalue weighted by molar-refractivity contribution is 7.10. The van der Waals surface area contributed by atoms with E-state index in [0.29, 0.717) is 5.88 Å². The van der Waals surface area contributed by atoms with Gasteiger partial charge in [0.15, 0.2) is 0 Å². The number of ether oxygens (including phenoxy) is 1. The van der Waals surface area contributed by atoms with Crippen LogP contribution in [-0.2, 0) is 5.88 Å². The van der Waals surface area contributed by atoms with Crippen LogP contribution in [0.5, 0.6) is 5.75 Å². The molecule has 2 nitrogen and oxygen atoms in total. The fraction of sp³-hybridized carbons (Fsp3) is 0.182. The average Bonchev–Trinajstić information content (AvgIpc) is 2.78. The maximum atomic E-state index is 5.70. The Labute approximate surface area is 97.5 Å². The van der Waals surface area contributed by atoms with Gasteiger partial charge in [-0.2, -0.15) is 0 Å². The first-order valence-electron chi connectivity index (χ1n) is 4.48. The molecular weight excluding hydrogens is 230 g/mol. The topological polar surface area (TPSA) is 22.1 Å². The Balaban J connectivity index is 2.28. The first-order chi connectivity index (χ1) is 7.33. The lowest BCUT2D eigenvalue weighted by Gasteiger charge is -2.00. The van der Waals surface area contributed by atoms with Crippen molar-refractivity contribution in [2.24, 2.45) is 0 Å². The highest BCUT2D eigenvalue weighted by Crippen LogP contribution is 2.24. The number of hydrogen-bond donors (Lipinski definition) is 0. The van der Waals surface area contributed by atoms with Crippen molar-refractivity contribution in [3.8, 4) is 17.0 Å². The molecule has 0 N–H and O–H groups in total. The van der Waals surface area contributed by atoms with Crippen LogP contribution in [0.25, 0.3) is 11.3 Å². The summed E-state index contributed by atoms with van der Waals surface area (Å²) >= 11 is 7.28. The molecule has 78 valence electrons. The number of halogens is 1. The van der Waals surface area contributed by atoms with Crippen molar-refractivity contribution in [3.05, 3.63) is 34.7 Å². The van der Waals surface area contributed by atoms with Crippen molar-refractivity contribution in [2.75, 3.05) is 7.11 Å². The predicted octanol–water partition coefficient (Wildman–Crippen LogP) is 3.56. The van der Waals surface area contributed by atoms with E-state index in [1.807, 2.05) is 29.6 Å². The molecular formula is C11H10ClNOS. The zero-order valence-corrected chi connectivity index (χ0v) is 9.81. The van der Waals surface area contributed by atoms with Gasteiger partial charge in [-0.15, -0.1) is 22.9 Å². The number of methoxy groups -OCH3 is 1. The van der Waals surface area contributed by atoms with E-state index in [1.54, 1.807) is 18.4 Å². The smallest absolute Gasteiger partial charge is 0.118 e. The van der Waals surface area contributed by atoms with E-state index in [1.165, 1.54) is 0 Å². The Kier molecular flexibility index (Phi) is 3.23. The summed E-state index contributed by atoms with van der Waals surface area (Å²) in [4.78, 5) is 4.40. The molecule has 0 radical (unpaired) electrons. The lowest BCUT2D eigenvalue weighted by molar-refractivity contribution is 0.415. The predicted molar refractivity (Wildman–Crippen MR) is 63.7 cm³/mol. The summed E-state index contributed by atoms with van der Waals surface area (Å²) in [7, 11) is 1.66. The molecule has 0 saturated heterocycles. The van der Waals surface area contributed by atoms with Gasteiger partial charge >= 0.3 is 0 Å². The molecule has 0 aliphatic carbocycles. The van der Waals surface area contributed by atoms with Gasteiger partial charge < -0.3 is 4.74 Å². The van der Waals surface area contributed by atoms with Gasteiger partial charge in [0.05, 0.1) is 18.7 Å². The Bertz CT molecular complexity index is 438. The van der Waals surface area contributed by atoms with Crippen LogP contribution < -0.4 is 4.74 Å². The number of hydrogen-bond acceptors (Lipinski definition) is 3. The molecule has 0 spiro atoms. The molecule has 2 rings (SSSR count). The minimum atomic E-state index is 0.473. The molecule has 1 heterocycles. The van der Waals surface area contributed by atoms with Gasteiger partial charge in [-0.05, 0) is 24.3 Å². The summed E-state index contributed by atoms with van der Waals surface area (Å²) in [6, 6.07) is 7.84. The molecule has 0 unspecified atom stereocenters. The second-order valence-electron chi connectivity index (χ2n) is 2.99. The third-order valence-electron chi connectivity index (χ3n) is 2.05. The molecule has 0 aliphatic heterocycles. The molecule has 1 aromatic heterocycles. The van der Waals surface area contributed by atoms with E-state index < -0.39 is 0 Å². The van der Waals surface area contributed by atoms with Crippen molar-refractivity contribution in [1.82, 2.24) is 4.98 Å². The largest absolute Gasteiger partial charge is 0.497 e. The fourth-order valence-electron chi connectivity index (χ4n) is 1.27. The summed E-state index contributed by atoms with van der Waals surface area (Å²) in [6.45, 7) is 0. The molecule has 4 heteroatoms. The maximum absolute atomic E-state index is 5.70. The van der Waals surface area contributed by atoms with Crippen molar-refractivity contribution in [3.63, 3.8) is 0 Å². The standard InChI is InChI=1S/C11H10ClNOS/c1-14-9-4-2-8(3-5-9)10-7-15-11(6-12)13-10/h2-5,7H,6H2,1H3. The molecule has 15 heavy (non-hydrogen) atoms. The van der Waals surface area contributed by atoms with Crippen LogP contribution in [0.2, 0.25) is 0 Å². The minimum absolute atomic E-state index is 0.473. The van der Waals surface area contributed by atoms with Gasteiger partial charge in [-0.3, -0.25) is 0 Å². The SMILES string of the molecule is COc1ccc(-c2csc(CCl)n2)cc1. The molecule has 0 amide bonds. The van der Waals surface area contributed by atoms with E-state index in [4.69, 9.17) is 16.3 Å². The molecule has 0 bridgehead atoms. The van der Waals surface area contributed by atoms with Gasteiger partial charge in [0, 0.05) is 10.9 Å². The van der Waals surface area contributed by atoms with Crippen LogP contribution in [0.15, 0.2) is 29.6 Å². The molecule has 0 fully saturated rings. The van der Waals surface area contributed by atoms with Crippen LogP contribution in [0, 0.1) is 0 Å². The molecule has 0 saturated carbocycles. The first kappa shape index (κ1) is 10.5. The van der Waals surface area contributed by atoms with Crippen LogP contribution in [0.4, 0.5) is 0 Å². The van der Waals surface area contributed by atoms with Crippen LogP contribution in [0.1, 0.15) is 5.01 Å². The number of nitrogens with zero attached hydrogens (tertiary/aromatic N) is 1. The van der Waals surface area contributed by atoms with Gasteiger partial charge in [-0.1, -0.05) is 0 Å². The normalized spacial score (nSPS) is 10.3. The van der Waals surface area contributed by atoms with Gasteiger partial charge in [-0.25, -0.2) is 4.98 Å². The quantitative estimate of drug-likeness (QED) is 0.765. The van der Waals surface area contributed by atoms with Crippen molar-refractivity contribution in [2.45, 2.75) is 5.88 Å². The fourth-order valence-corrected chi connectivity index (χ4v) is 2.17. The summed E-state index contributed by atoms with van der Waals surface area (Å²) in [5.41, 5.74) is 2.06. The van der Waals surface area contributed by atoms with Crippen LogP contribution >= 0.6 is 22.9 Å². The van der Waals surface area contributed by atoms with E-state index in [-0.39, 0.29) is 0 Å². The van der Waals surface area contributed by atoms with Crippen molar-refractivity contribution >= 4 is 22.9 Å². The second-order valence-corrected chi connectivity index (χ2v) is 4.20. The summed E-state index contributed by atoms with van der Waals surface area (Å²) in [5.74, 6) is 1.33. The van der Waals surface area contributed by atoms with E-state index in [2.05, 4.69) is 4.98 Å². The Morgan fingerprint density at radius 1 is 1.33 bits per heavy atom. The van der Waals surface area contributed by atoms with Crippen molar-refractivity contribution in [1.29, 1.82) is 0 Å². The highest BCUT2D eigenvalue weighted by atomic mass is 35.5. The van der Waals surface area contributed by atoms with E-state index >= 15 is 0 Å². The zero-order chi connectivity index (χ0) is 10.7. The van der Waals surface area contributed by atoms with Gasteiger partial charge in [0.1, 0.15) is 10.8 Å². The number of alkyl halides is 1. The first-order valence-corrected chi connectivity index (χ1v) is 5.89. The van der Waals surface area contributed by atoms with E-state index in [9.17, 15) is 0 Å². The molecule has 0 aliphatic rings. The zero-order valence-electron chi connectivity index (χ0n) is 8.24. The number of rotatable bonds is 3. The third kappa shape index (κ3) is 2.30.